The van der Waals surface area contributed by atoms with Gasteiger partial charge >= 0.3 is 0 Å². The van der Waals surface area contributed by atoms with E-state index >= 15 is 0 Å². The normalized spacial score (nSPS) is 11.1. The Hall–Kier alpha value is -3.67. The summed E-state index contributed by atoms with van der Waals surface area (Å²) < 4.78 is 21.9. The van der Waals surface area contributed by atoms with Crippen molar-refractivity contribution in [1.29, 1.82) is 0 Å². The monoisotopic (exact) mass is 431 g/mol. The number of para-hydroxylation sites is 2. The Bertz CT molecular complexity index is 1220. The molecular formula is C26H26FN3O2. The van der Waals surface area contributed by atoms with Crippen LogP contribution >= 0.6 is 0 Å². The van der Waals surface area contributed by atoms with Crippen molar-refractivity contribution in [1.82, 2.24) is 14.9 Å². The van der Waals surface area contributed by atoms with Crippen LogP contribution in [0.15, 0.2) is 72.8 Å². The Kier molecular flexibility index (Phi) is 6.50. The van der Waals surface area contributed by atoms with Gasteiger partial charge in [-0.05, 0) is 47.9 Å². The summed E-state index contributed by atoms with van der Waals surface area (Å²) in [7, 11) is 0. The number of hydrogen-bond donors (Lipinski definition) is 1. The van der Waals surface area contributed by atoms with E-state index in [1.54, 1.807) is 12.1 Å². The van der Waals surface area contributed by atoms with Gasteiger partial charge in [-0.25, -0.2) is 9.37 Å². The number of nitrogens with one attached hydrogen (secondary N) is 1. The molecule has 4 rings (SSSR count). The number of nitrogens with zero attached hydrogens (tertiary/aromatic N) is 2. The topological polar surface area (TPSA) is 56.1 Å². The molecule has 0 aliphatic heterocycles. The number of ether oxygens (including phenoxy) is 1. The molecule has 0 aliphatic carbocycles. The number of carbonyl (C=O) groups is 1. The first-order chi connectivity index (χ1) is 15.5. The molecule has 0 aliphatic rings. The number of fused-ring (bicyclic) bond motifs is 1. The molecule has 0 saturated heterocycles. The number of benzene rings is 3. The van der Waals surface area contributed by atoms with Gasteiger partial charge < -0.3 is 14.6 Å². The van der Waals surface area contributed by atoms with Gasteiger partial charge in [0.05, 0.1) is 29.7 Å². The standard InChI is InChI=1S/C26H26FN3O2/c1-18(2)19-11-13-20(14-12-19)32-16-15-30-24-10-6-5-9-23(24)29-25(30)17-28-26(31)21-7-3-4-8-22(21)27/h3-14,18H,15-17H2,1-2H3,(H,28,31). The van der Waals surface area contributed by atoms with Crippen LogP contribution in [0.3, 0.4) is 0 Å². The van der Waals surface area contributed by atoms with E-state index in [1.165, 1.54) is 17.7 Å². The lowest BCUT2D eigenvalue weighted by Crippen LogP contribution is -2.26. The van der Waals surface area contributed by atoms with Gasteiger partial charge in [0, 0.05) is 0 Å². The molecule has 1 heterocycles. The van der Waals surface area contributed by atoms with Crippen molar-refractivity contribution in [3.05, 3.63) is 95.6 Å². The van der Waals surface area contributed by atoms with Crippen molar-refractivity contribution in [3.8, 4) is 5.75 Å². The summed E-state index contributed by atoms with van der Waals surface area (Å²) in [5, 5.41) is 2.78. The highest BCUT2D eigenvalue weighted by Gasteiger charge is 2.14. The van der Waals surface area contributed by atoms with Gasteiger partial charge in [-0.3, -0.25) is 4.79 Å². The van der Waals surface area contributed by atoms with Crippen molar-refractivity contribution < 1.29 is 13.9 Å². The third-order valence-corrected chi connectivity index (χ3v) is 5.39. The molecule has 1 amide bonds. The molecule has 32 heavy (non-hydrogen) atoms. The first kappa shape index (κ1) is 21.6. The van der Waals surface area contributed by atoms with Gasteiger partial charge in [0.25, 0.3) is 5.91 Å². The lowest BCUT2D eigenvalue weighted by atomic mass is 10.0. The molecule has 0 unspecified atom stereocenters. The number of hydrogen-bond acceptors (Lipinski definition) is 3. The highest BCUT2D eigenvalue weighted by atomic mass is 19.1. The molecule has 0 radical (unpaired) electrons. The molecule has 0 spiro atoms. The summed E-state index contributed by atoms with van der Waals surface area (Å²) in [6, 6.07) is 21.9. The lowest BCUT2D eigenvalue weighted by Gasteiger charge is -2.12. The quantitative estimate of drug-likeness (QED) is 0.411. The second-order valence-electron chi connectivity index (χ2n) is 7.90. The van der Waals surface area contributed by atoms with Gasteiger partial charge in [-0.2, -0.15) is 0 Å². The van der Waals surface area contributed by atoms with E-state index in [-0.39, 0.29) is 12.1 Å². The fraction of sp³-hybridized carbons (Fsp3) is 0.231. The van der Waals surface area contributed by atoms with E-state index in [0.717, 1.165) is 16.8 Å². The molecule has 0 atom stereocenters. The van der Waals surface area contributed by atoms with E-state index in [1.807, 2.05) is 41.0 Å². The van der Waals surface area contributed by atoms with Gasteiger partial charge in [-0.1, -0.05) is 50.2 Å². The molecule has 4 aromatic rings. The second kappa shape index (κ2) is 9.64. The van der Waals surface area contributed by atoms with Crippen molar-refractivity contribution in [2.24, 2.45) is 0 Å². The molecule has 5 nitrogen and oxygen atoms in total. The minimum Gasteiger partial charge on any atom is -0.492 e. The van der Waals surface area contributed by atoms with Crippen LogP contribution in [0, 0.1) is 5.82 Å². The number of amides is 1. The SMILES string of the molecule is CC(C)c1ccc(OCCn2c(CNC(=O)c3ccccc3F)nc3ccccc32)cc1. The summed E-state index contributed by atoms with van der Waals surface area (Å²) in [4.78, 5) is 17.1. The predicted molar refractivity (Wildman–Crippen MR) is 123 cm³/mol. The maximum atomic E-state index is 13.9. The van der Waals surface area contributed by atoms with Crippen LogP contribution in [-0.4, -0.2) is 22.1 Å². The van der Waals surface area contributed by atoms with Crippen molar-refractivity contribution in [2.45, 2.75) is 32.9 Å². The summed E-state index contributed by atoms with van der Waals surface area (Å²) in [5.41, 5.74) is 3.08. The van der Waals surface area contributed by atoms with E-state index in [0.29, 0.717) is 24.9 Å². The van der Waals surface area contributed by atoms with Gasteiger partial charge in [0.2, 0.25) is 0 Å². The molecule has 1 aromatic heterocycles. The van der Waals surface area contributed by atoms with Crippen LogP contribution in [0.4, 0.5) is 4.39 Å². The lowest BCUT2D eigenvalue weighted by molar-refractivity contribution is 0.0945. The zero-order valence-electron chi connectivity index (χ0n) is 18.2. The minimum atomic E-state index is -0.546. The second-order valence-corrected chi connectivity index (χ2v) is 7.90. The van der Waals surface area contributed by atoms with Crippen LogP contribution in [0.1, 0.15) is 41.5 Å². The number of halogens is 1. The number of imidazole rings is 1. The molecule has 3 aromatic carbocycles. The van der Waals surface area contributed by atoms with E-state index in [2.05, 4.69) is 36.3 Å². The average molecular weight is 432 g/mol. The van der Waals surface area contributed by atoms with Crippen LogP contribution in [0.5, 0.6) is 5.75 Å². The smallest absolute Gasteiger partial charge is 0.254 e. The van der Waals surface area contributed by atoms with Crippen LogP contribution in [0.2, 0.25) is 0 Å². The summed E-state index contributed by atoms with van der Waals surface area (Å²) >= 11 is 0. The first-order valence-electron chi connectivity index (χ1n) is 10.7. The molecule has 164 valence electrons. The Morgan fingerprint density at radius 1 is 1.03 bits per heavy atom. The van der Waals surface area contributed by atoms with E-state index < -0.39 is 11.7 Å². The van der Waals surface area contributed by atoms with E-state index in [9.17, 15) is 9.18 Å². The van der Waals surface area contributed by atoms with Crippen LogP contribution in [-0.2, 0) is 13.1 Å². The fourth-order valence-electron chi connectivity index (χ4n) is 3.61. The Morgan fingerprint density at radius 2 is 1.75 bits per heavy atom. The van der Waals surface area contributed by atoms with Crippen LogP contribution in [0.25, 0.3) is 11.0 Å². The molecule has 0 saturated carbocycles. The first-order valence-corrected chi connectivity index (χ1v) is 10.7. The Balaban J connectivity index is 1.46. The third-order valence-electron chi connectivity index (χ3n) is 5.39. The Morgan fingerprint density at radius 3 is 2.50 bits per heavy atom. The van der Waals surface area contributed by atoms with Gasteiger partial charge in [-0.15, -0.1) is 0 Å². The van der Waals surface area contributed by atoms with Gasteiger partial charge in [0.15, 0.2) is 0 Å². The minimum absolute atomic E-state index is 0.0170. The zero-order chi connectivity index (χ0) is 22.5. The highest BCUT2D eigenvalue weighted by molar-refractivity contribution is 5.94. The highest BCUT2D eigenvalue weighted by Crippen LogP contribution is 2.20. The number of carbonyl (C=O) groups excluding carboxylic acids is 1. The maximum absolute atomic E-state index is 13.9. The molecular weight excluding hydrogens is 405 g/mol. The van der Waals surface area contributed by atoms with Crippen molar-refractivity contribution >= 4 is 16.9 Å². The molecule has 0 fully saturated rings. The Labute approximate surface area is 186 Å². The zero-order valence-corrected chi connectivity index (χ0v) is 18.2. The van der Waals surface area contributed by atoms with Crippen molar-refractivity contribution in [3.63, 3.8) is 0 Å². The molecule has 1 N–H and O–H groups in total. The summed E-state index contributed by atoms with van der Waals surface area (Å²) in [5.74, 6) is 0.963. The summed E-state index contributed by atoms with van der Waals surface area (Å²) in [6.45, 7) is 5.52. The van der Waals surface area contributed by atoms with Crippen molar-refractivity contribution in [2.75, 3.05) is 6.61 Å². The van der Waals surface area contributed by atoms with Gasteiger partial charge in [0.1, 0.15) is 24.0 Å². The van der Waals surface area contributed by atoms with E-state index in [4.69, 9.17) is 4.74 Å². The average Bonchev–Trinajstić information content (AvgIpc) is 3.15. The largest absolute Gasteiger partial charge is 0.492 e. The third kappa shape index (κ3) is 4.80. The maximum Gasteiger partial charge on any atom is 0.254 e. The summed E-state index contributed by atoms with van der Waals surface area (Å²) in [6.07, 6.45) is 0. The molecule has 0 bridgehead atoms. The molecule has 6 heteroatoms. The number of aromatic nitrogens is 2. The predicted octanol–water partition coefficient (Wildman–Crippen LogP) is 5.31. The number of rotatable bonds is 8. The fourth-order valence-corrected chi connectivity index (χ4v) is 3.61. The van der Waals surface area contributed by atoms with Crippen LogP contribution < -0.4 is 10.1 Å².